The number of nitrogens with zero attached hydrogens (tertiary/aromatic N) is 1. The highest BCUT2D eigenvalue weighted by molar-refractivity contribution is 5.84. The first-order valence-corrected chi connectivity index (χ1v) is 8.40. The number of rotatable bonds is 3. The van der Waals surface area contributed by atoms with Gasteiger partial charge in [0, 0.05) is 36.6 Å². The van der Waals surface area contributed by atoms with Gasteiger partial charge in [0.1, 0.15) is 6.61 Å². The number of nitrogens with one attached hydrogen (secondary N) is 1. The molecule has 0 bridgehead atoms. The number of carbonyl (C=O) groups is 2. The van der Waals surface area contributed by atoms with Crippen molar-refractivity contribution in [2.75, 3.05) is 13.2 Å². The molecule has 2 heterocycles. The summed E-state index contributed by atoms with van der Waals surface area (Å²) in [5.41, 5.74) is 9.56. The van der Waals surface area contributed by atoms with Gasteiger partial charge in [0.2, 0.25) is 0 Å². The van der Waals surface area contributed by atoms with Gasteiger partial charge in [0.05, 0.1) is 6.54 Å². The summed E-state index contributed by atoms with van der Waals surface area (Å²) in [6.07, 6.45) is 4.02. The number of aromatic amines is 1. The van der Waals surface area contributed by atoms with Crippen molar-refractivity contribution in [1.29, 1.82) is 0 Å². The minimum absolute atomic E-state index is 0.214. The molecule has 1 aliphatic carbocycles. The van der Waals surface area contributed by atoms with E-state index in [-0.39, 0.29) is 6.09 Å². The van der Waals surface area contributed by atoms with Crippen LogP contribution in [0, 0.1) is 0 Å². The third-order valence-electron chi connectivity index (χ3n) is 4.61. The number of ether oxygens (including phenoxy) is 1. The number of aliphatic carboxylic acids is 1. The Morgan fingerprint density at radius 2 is 2.16 bits per heavy atom. The topological polar surface area (TPSA) is 109 Å². The lowest BCUT2D eigenvalue weighted by Crippen LogP contribution is -2.34. The molecule has 0 radical (unpaired) electrons. The Morgan fingerprint density at radius 3 is 2.76 bits per heavy atom. The van der Waals surface area contributed by atoms with Gasteiger partial charge in [-0.2, -0.15) is 0 Å². The molecule has 1 aliphatic heterocycles. The number of carboxylic acid groups (broad SMARTS) is 1. The lowest BCUT2D eigenvalue weighted by Gasteiger charge is -2.32. The third kappa shape index (κ3) is 3.93. The molecule has 1 saturated heterocycles. The van der Waals surface area contributed by atoms with Gasteiger partial charge in [-0.1, -0.05) is 6.07 Å². The normalized spacial score (nSPS) is 22.2. The van der Waals surface area contributed by atoms with Crippen molar-refractivity contribution in [3.63, 3.8) is 0 Å². The summed E-state index contributed by atoms with van der Waals surface area (Å²) < 4.78 is 4.98. The van der Waals surface area contributed by atoms with Crippen molar-refractivity contribution in [3.8, 4) is 0 Å². The van der Waals surface area contributed by atoms with Gasteiger partial charge in [0.25, 0.3) is 5.97 Å². The molecule has 2 fully saturated rings. The number of cyclic esters (lactones) is 1. The average molecular weight is 345 g/mol. The first-order valence-electron chi connectivity index (χ1n) is 8.40. The lowest BCUT2D eigenvalue weighted by molar-refractivity contribution is -0.134. The Bertz CT molecular complexity index is 776. The number of carboxylic acids is 1. The zero-order valence-electron chi connectivity index (χ0n) is 14.2. The van der Waals surface area contributed by atoms with Gasteiger partial charge in [-0.05, 0) is 42.0 Å². The predicted octanol–water partition coefficient (Wildman–Crippen LogP) is 2.42. The Balaban J connectivity index is 0.000000415. The van der Waals surface area contributed by atoms with Crippen LogP contribution in [-0.4, -0.2) is 46.2 Å². The highest BCUT2D eigenvalue weighted by Gasteiger charge is 2.29. The summed E-state index contributed by atoms with van der Waals surface area (Å²) in [4.78, 5) is 25.6. The fourth-order valence-electron chi connectivity index (χ4n) is 3.33. The molecule has 7 heteroatoms. The van der Waals surface area contributed by atoms with Gasteiger partial charge in [-0.3, -0.25) is 4.79 Å². The zero-order chi connectivity index (χ0) is 18.0. The summed E-state index contributed by atoms with van der Waals surface area (Å²) in [7, 11) is 0. The largest absolute Gasteiger partial charge is 0.481 e. The molecule has 4 N–H and O–H groups in total. The maximum atomic E-state index is 11.5. The summed E-state index contributed by atoms with van der Waals surface area (Å²) in [5.74, 6) is -0.263. The van der Waals surface area contributed by atoms with Crippen LogP contribution < -0.4 is 5.73 Å². The number of hydrogen-bond acceptors (Lipinski definition) is 4. The van der Waals surface area contributed by atoms with Crippen molar-refractivity contribution in [3.05, 3.63) is 35.5 Å². The van der Waals surface area contributed by atoms with Gasteiger partial charge in [0.15, 0.2) is 0 Å². The number of fused-ring (bicyclic) bond motifs is 1. The number of hydrogen-bond donors (Lipinski definition) is 3. The summed E-state index contributed by atoms with van der Waals surface area (Å²) >= 11 is 0. The van der Waals surface area contributed by atoms with Gasteiger partial charge in [-0.25, -0.2) is 4.79 Å². The standard InChI is InChI=1S/C16H19N3O2.C2H4O2/c17-12-6-11(7-12)14-8-18-15-2-1-10(5-13(14)15)9-19-3-4-21-16(19)20;1-2(3)4/h1-2,5,8,11-12,18H,3-4,6-7,9,17H2;1H3,(H,3,4). The first kappa shape index (κ1) is 17.3. The Morgan fingerprint density at radius 1 is 1.44 bits per heavy atom. The molecule has 4 rings (SSSR count). The molecule has 0 spiro atoms. The highest BCUT2D eigenvalue weighted by Crippen LogP contribution is 2.39. The van der Waals surface area contributed by atoms with E-state index >= 15 is 0 Å². The second kappa shape index (κ2) is 7.14. The number of amides is 1. The minimum Gasteiger partial charge on any atom is -0.481 e. The van der Waals surface area contributed by atoms with Crippen molar-refractivity contribution in [2.24, 2.45) is 5.73 Å². The monoisotopic (exact) mass is 345 g/mol. The average Bonchev–Trinajstić information content (AvgIpc) is 3.10. The van der Waals surface area contributed by atoms with Crippen LogP contribution in [0.4, 0.5) is 4.79 Å². The fraction of sp³-hybridized carbons (Fsp3) is 0.444. The van der Waals surface area contributed by atoms with E-state index in [9.17, 15) is 4.79 Å². The maximum absolute atomic E-state index is 11.5. The van der Waals surface area contributed by atoms with Crippen molar-refractivity contribution >= 4 is 23.0 Å². The van der Waals surface area contributed by atoms with Crippen LogP contribution in [0.15, 0.2) is 24.4 Å². The zero-order valence-corrected chi connectivity index (χ0v) is 14.2. The highest BCUT2D eigenvalue weighted by atomic mass is 16.6. The Labute approximate surface area is 145 Å². The van der Waals surface area contributed by atoms with Crippen LogP contribution in [0.2, 0.25) is 0 Å². The molecule has 1 aromatic carbocycles. The van der Waals surface area contributed by atoms with Crippen LogP contribution in [0.3, 0.4) is 0 Å². The molecule has 2 aliphatic rings. The predicted molar refractivity (Wildman–Crippen MR) is 93.3 cm³/mol. The van der Waals surface area contributed by atoms with Crippen LogP contribution >= 0.6 is 0 Å². The van der Waals surface area contributed by atoms with E-state index in [1.165, 1.54) is 10.9 Å². The van der Waals surface area contributed by atoms with E-state index in [1.807, 2.05) is 0 Å². The molecule has 7 nitrogen and oxygen atoms in total. The van der Waals surface area contributed by atoms with Crippen molar-refractivity contribution in [2.45, 2.75) is 38.3 Å². The van der Waals surface area contributed by atoms with Gasteiger partial charge in [-0.15, -0.1) is 0 Å². The molecule has 1 aromatic heterocycles. The number of aromatic nitrogens is 1. The molecule has 134 valence electrons. The number of carbonyl (C=O) groups excluding carboxylic acids is 1. The molecular weight excluding hydrogens is 322 g/mol. The number of H-pyrrole nitrogens is 1. The van der Waals surface area contributed by atoms with E-state index in [0.29, 0.717) is 31.7 Å². The van der Waals surface area contributed by atoms with Crippen LogP contribution in [0.1, 0.15) is 36.8 Å². The molecule has 2 aromatic rings. The molecule has 0 unspecified atom stereocenters. The summed E-state index contributed by atoms with van der Waals surface area (Å²) in [6.45, 7) is 2.87. The number of benzene rings is 1. The Kier molecular flexibility index (Phi) is 4.94. The summed E-state index contributed by atoms with van der Waals surface area (Å²) in [5, 5.41) is 8.68. The smallest absolute Gasteiger partial charge is 0.410 e. The fourth-order valence-corrected chi connectivity index (χ4v) is 3.33. The van der Waals surface area contributed by atoms with Crippen LogP contribution in [-0.2, 0) is 16.1 Å². The van der Waals surface area contributed by atoms with Gasteiger partial charge < -0.3 is 25.5 Å². The summed E-state index contributed by atoms with van der Waals surface area (Å²) in [6, 6.07) is 6.70. The van der Waals surface area contributed by atoms with Crippen molar-refractivity contribution in [1.82, 2.24) is 9.88 Å². The maximum Gasteiger partial charge on any atom is 0.410 e. The second-order valence-electron chi connectivity index (χ2n) is 6.61. The Hall–Kier alpha value is -2.54. The minimum atomic E-state index is -0.833. The van der Waals surface area contributed by atoms with Crippen molar-refractivity contribution < 1.29 is 19.4 Å². The van der Waals surface area contributed by atoms with Crippen LogP contribution in [0.5, 0.6) is 0 Å². The van der Waals surface area contributed by atoms with E-state index in [4.69, 9.17) is 20.4 Å². The van der Waals surface area contributed by atoms with Crippen LogP contribution in [0.25, 0.3) is 10.9 Å². The van der Waals surface area contributed by atoms with E-state index in [1.54, 1.807) is 4.90 Å². The second-order valence-corrected chi connectivity index (χ2v) is 6.61. The molecule has 25 heavy (non-hydrogen) atoms. The number of nitrogens with two attached hydrogens (primary N) is 1. The third-order valence-corrected chi connectivity index (χ3v) is 4.61. The van der Waals surface area contributed by atoms with E-state index < -0.39 is 5.97 Å². The SMILES string of the molecule is CC(=O)O.NC1CC(c2c[nH]c3ccc(CN4CCOC4=O)cc23)C1. The van der Waals surface area contributed by atoms with E-state index in [0.717, 1.165) is 30.8 Å². The molecular formula is C18H23N3O4. The molecule has 1 amide bonds. The van der Waals surface area contributed by atoms with E-state index in [2.05, 4.69) is 29.4 Å². The van der Waals surface area contributed by atoms with Gasteiger partial charge >= 0.3 is 6.09 Å². The lowest BCUT2D eigenvalue weighted by atomic mass is 9.76. The molecule has 1 saturated carbocycles. The first-order chi connectivity index (χ1) is 11.9. The quantitative estimate of drug-likeness (QED) is 0.791. The molecule has 0 atom stereocenters.